The number of hydrogen-bond acceptors (Lipinski definition) is 3. The van der Waals surface area contributed by atoms with Crippen LogP contribution < -0.4 is 10.0 Å². The van der Waals surface area contributed by atoms with Gasteiger partial charge >= 0.3 is 0 Å². The molecule has 2 aromatic carbocycles. The van der Waals surface area contributed by atoms with Crippen LogP contribution in [0, 0.1) is 0 Å². The summed E-state index contributed by atoms with van der Waals surface area (Å²) in [4.78, 5) is 0.319. The quantitative estimate of drug-likeness (QED) is 0.862. The zero-order valence-corrected chi connectivity index (χ0v) is 12.4. The molecule has 0 aromatic heterocycles. The van der Waals surface area contributed by atoms with Gasteiger partial charge in [0.2, 0.25) is 10.0 Å². The third-order valence-electron chi connectivity index (χ3n) is 3.40. The van der Waals surface area contributed by atoms with Gasteiger partial charge in [-0.2, -0.15) is 0 Å². The van der Waals surface area contributed by atoms with E-state index >= 15 is 0 Å². The summed E-state index contributed by atoms with van der Waals surface area (Å²) in [5.41, 5.74) is 2.09. The molecule has 5 heteroatoms. The van der Waals surface area contributed by atoms with Gasteiger partial charge in [-0.3, -0.25) is 0 Å². The lowest BCUT2D eigenvalue weighted by molar-refractivity contribution is 0.581. The average molecular weight is 302 g/mol. The van der Waals surface area contributed by atoms with Crippen molar-refractivity contribution in [2.45, 2.75) is 30.3 Å². The van der Waals surface area contributed by atoms with Crippen LogP contribution in [0.4, 0.5) is 5.69 Å². The molecule has 0 heterocycles. The predicted octanol–water partition coefficient (Wildman–Crippen LogP) is 2.74. The Labute approximate surface area is 125 Å². The molecule has 1 fully saturated rings. The van der Waals surface area contributed by atoms with Crippen LogP contribution in [0.3, 0.4) is 0 Å². The first-order valence-corrected chi connectivity index (χ1v) is 8.52. The minimum atomic E-state index is -3.36. The molecule has 1 saturated carbocycles. The van der Waals surface area contributed by atoms with Gasteiger partial charge in [0.1, 0.15) is 0 Å². The van der Waals surface area contributed by atoms with Crippen molar-refractivity contribution >= 4 is 15.7 Å². The summed E-state index contributed by atoms with van der Waals surface area (Å²) in [6, 6.07) is 17.1. The van der Waals surface area contributed by atoms with Gasteiger partial charge in [0, 0.05) is 18.3 Å². The maximum Gasteiger partial charge on any atom is 0.240 e. The number of nitrogens with one attached hydrogen (secondary N) is 2. The molecule has 2 N–H and O–H groups in total. The van der Waals surface area contributed by atoms with Gasteiger partial charge in [-0.25, -0.2) is 13.1 Å². The van der Waals surface area contributed by atoms with Crippen molar-refractivity contribution in [1.29, 1.82) is 0 Å². The third kappa shape index (κ3) is 3.83. The summed E-state index contributed by atoms with van der Waals surface area (Å²) in [5.74, 6) is 0. The van der Waals surface area contributed by atoms with E-state index in [-0.39, 0.29) is 6.04 Å². The normalized spacial score (nSPS) is 14.9. The molecule has 21 heavy (non-hydrogen) atoms. The molecule has 0 bridgehead atoms. The van der Waals surface area contributed by atoms with Crippen molar-refractivity contribution in [2.75, 3.05) is 5.32 Å². The van der Waals surface area contributed by atoms with Crippen LogP contribution in [0.5, 0.6) is 0 Å². The van der Waals surface area contributed by atoms with E-state index < -0.39 is 10.0 Å². The molecule has 1 aliphatic carbocycles. The minimum absolute atomic E-state index is 0.130. The molecule has 0 spiro atoms. The number of hydrogen-bond donors (Lipinski definition) is 2. The third-order valence-corrected chi connectivity index (χ3v) is 4.94. The van der Waals surface area contributed by atoms with Gasteiger partial charge in [0.25, 0.3) is 0 Å². The van der Waals surface area contributed by atoms with Crippen LogP contribution in [0.1, 0.15) is 18.4 Å². The molecule has 0 amide bonds. The van der Waals surface area contributed by atoms with Gasteiger partial charge in [-0.05, 0) is 42.7 Å². The first kappa shape index (κ1) is 14.1. The van der Waals surface area contributed by atoms with Crippen LogP contribution in [-0.4, -0.2) is 14.5 Å². The largest absolute Gasteiger partial charge is 0.381 e. The molecule has 2 aromatic rings. The second-order valence-electron chi connectivity index (χ2n) is 5.26. The average Bonchev–Trinajstić information content (AvgIpc) is 3.30. The van der Waals surface area contributed by atoms with Crippen LogP contribution in [0.25, 0.3) is 0 Å². The highest BCUT2D eigenvalue weighted by Crippen LogP contribution is 2.22. The molecular formula is C16H18N2O2S. The highest BCUT2D eigenvalue weighted by molar-refractivity contribution is 7.89. The van der Waals surface area contributed by atoms with E-state index in [9.17, 15) is 8.42 Å². The van der Waals surface area contributed by atoms with Crippen molar-refractivity contribution in [2.24, 2.45) is 0 Å². The molecule has 3 rings (SSSR count). The van der Waals surface area contributed by atoms with Crippen molar-refractivity contribution in [1.82, 2.24) is 4.72 Å². The first-order valence-electron chi connectivity index (χ1n) is 7.04. The molecule has 0 atom stereocenters. The predicted molar refractivity (Wildman–Crippen MR) is 83.6 cm³/mol. The molecule has 0 unspecified atom stereocenters. The SMILES string of the molecule is O=S(=O)(NC1CC1)c1ccc(NCc2ccccc2)cc1. The summed E-state index contributed by atoms with van der Waals surface area (Å²) in [6.07, 6.45) is 1.88. The molecule has 0 radical (unpaired) electrons. The van der Waals surface area contributed by atoms with Gasteiger partial charge in [0.05, 0.1) is 4.90 Å². The Morgan fingerprint density at radius 3 is 2.24 bits per heavy atom. The lowest BCUT2D eigenvalue weighted by atomic mass is 10.2. The molecule has 0 saturated heterocycles. The smallest absolute Gasteiger partial charge is 0.240 e. The standard InChI is InChI=1S/C16H18N2O2S/c19-21(20,18-15-6-7-15)16-10-8-14(9-11-16)17-12-13-4-2-1-3-5-13/h1-5,8-11,15,17-18H,6-7,12H2. The zero-order chi connectivity index (χ0) is 14.7. The Hall–Kier alpha value is -1.85. The number of rotatable bonds is 6. The Kier molecular flexibility index (Phi) is 3.94. The van der Waals surface area contributed by atoms with E-state index in [4.69, 9.17) is 0 Å². The molecular weight excluding hydrogens is 284 g/mol. The fraction of sp³-hybridized carbons (Fsp3) is 0.250. The molecule has 1 aliphatic rings. The second-order valence-corrected chi connectivity index (χ2v) is 6.97. The lowest BCUT2D eigenvalue weighted by Crippen LogP contribution is -2.25. The Bertz CT molecular complexity index is 693. The van der Waals surface area contributed by atoms with Gasteiger partial charge in [0.15, 0.2) is 0 Å². The Morgan fingerprint density at radius 1 is 0.952 bits per heavy atom. The summed E-state index contributed by atoms with van der Waals surface area (Å²) in [6.45, 7) is 0.716. The van der Waals surface area contributed by atoms with Gasteiger partial charge < -0.3 is 5.32 Å². The zero-order valence-electron chi connectivity index (χ0n) is 11.6. The number of sulfonamides is 1. The Balaban J connectivity index is 1.63. The van der Waals surface area contributed by atoms with Gasteiger partial charge in [-0.1, -0.05) is 30.3 Å². The minimum Gasteiger partial charge on any atom is -0.381 e. The van der Waals surface area contributed by atoms with Gasteiger partial charge in [-0.15, -0.1) is 0 Å². The van der Waals surface area contributed by atoms with Crippen LogP contribution in [-0.2, 0) is 16.6 Å². The fourth-order valence-electron chi connectivity index (χ4n) is 2.04. The van der Waals surface area contributed by atoms with Crippen molar-refractivity contribution in [3.63, 3.8) is 0 Å². The summed E-state index contributed by atoms with van der Waals surface area (Å²) in [5, 5.41) is 3.28. The molecule has 110 valence electrons. The Morgan fingerprint density at radius 2 is 1.62 bits per heavy atom. The van der Waals surface area contributed by atoms with E-state index in [0.29, 0.717) is 11.4 Å². The van der Waals surface area contributed by atoms with Crippen molar-refractivity contribution < 1.29 is 8.42 Å². The number of benzene rings is 2. The summed E-state index contributed by atoms with van der Waals surface area (Å²) < 4.78 is 26.8. The van der Waals surface area contributed by atoms with Crippen molar-refractivity contribution in [3.05, 3.63) is 60.2 Å². The van der Waals surface area contributed by atoms with E-state index in [0.717, 1.165) is 18.5 Å². The maximum atomic E-state index is 12.0. The molecule has 4 nitrogen and oxygen atoms in total. The molecule has 0 aliphatic heterocycles. The topological polar surface area (TPSA) is 58.2 Å². The van der Waals surface area contributed by atoms with E-state index in [2.05, 4.69) is 10.0 Å². The van der Waals surface area contributed by atoms with E-state index in [1.54, 1.807) is 24.3 Å². The lowest BCUT2D eigenvalue weighted by Gasteiger charge is -2.09. The highest BCUT2D eigenvalue weighted by atomic mass is 32.2. The van der Waals surface area contributed by atoms with E-state index in [1.165, 1.54) is 5.56 Å². The second kappa shape index (κ2) is 5.87. The highest BCUT2D eigenvalue weighted by Gasteiger charge is 2.27. The van der Waals surface area contributed by atoms with Crippen molar-refractivity contribution in [3.8, 4) is 0 Å². The monoisotopic (exact) mass is 302 g/mol. The summed E-state index contributed by atoms with van der Waals surface area (Å²) >= 11 is 0. The van der Waals surface area contributed by atoms with E-state index in [1.807, 2.05) is 30.3 Å². The maximum absolute atomic E-state index is 12.0. The van der Waals surface area contributed by atoms with Crippen LogP contribution >= 0.6 is 0 Å². The number of anilines is 1. The fourth-order valence-corrected chi connectivity index (χ4v) is 3.35. The van der Waals surface area contributed by atoms with Crippen LogP contribution in [0.15, 0.2) is 59.5 Å². The van der Waals surface area contributed by atoms with Crippen LogP contribution in [0.2, 0.25) is 0 Å². The summed E-state index contributed by atoms with van der Waals surface area (Å²) in [7, 11) is -3.36. The first-order chi connectivity index (χ1) is 10.1.